The monoisotopic (exact) mass is 359 g/mol. The van der Waals surface area contributed by atoms with E-state index in [0.29, 0.717) is 5.56 Å². The number of thioether (sulfide) groups is 1. The van der Waals surface area contributed by atoms with Gasteiger partial charge in [-0.1, -0.05) is 36.4 Å². The van der Waals surface area contributed by atoms with Gasteiger partial charge in [0.2, 0.25) is 5.91 Å². The quantitative estimate of drug-likeness (QED) is 0.858. The third-order valence-corrected chi connectivity index (χ3v) is 5.44. The van der Waals surface area contributed by atoms with Gasteiger partial charge in [0.15, 0.2) is 0 Å². The predicted octanol–water partition coefficient (Wildman–Crippen LogP) is 3.49. The predicted molar refractivity (Wildman–Crippen MR) is 94.9 cm³/mol. The summed E-state index contributed by atoms with van der Waals surface area (Å²) in [5, 5.41) is 11.6. The first kappa shape index (κ1) is 17.5. The normalized spacial score (nSPS) is 17.4. The van der Waals surface area contributed by atoms with E-state index < -0.39 is 17.8 Å². The summed E-state index contributed by atoms with van der Waals surface area (Å²) in [5.41, 5.74) is 2.70. The highest BCUT2D eigenvalue weighted by Crippen LogP contribution is 2.37. The third kappa shape index (κ3) is 4.20. The van der Waals surface area contributed by atoms with Crippen LogP contribution in [0.25, 0.3) is 0 Å². The molecule has 6 heteroatoms. The molecule has 1 amide bonds. The minimum atomic E-state index is -1.02. The molecule has 1 aliphatic heterocycles. The lowest BCUT2D eigenvalue weighted by atomic mass is 9.99. The van der Waals surface area contributed by atoms with E-state index in [1.807, 2.05) is 24.3 Å². The molecule has 1 heterocycles. The number of carbonyl (C=O) groups is 2. The Bertz CT molecular complexity index is 778. The average Bonchev–Trinajstić information content (AvgIpc) is 2.61. The van der Waals surface area contributed by atoms with Gasteiger partial charge in [-0.3, -0.25) is 9.59 Å². The fraction of sp³-hybridized carbons (Fsp3) is 0.263. The van der Waals surface area contributed by atoms with Gasteiger partial charge in [0, 0.05) is 0 Å². The number of amides is 1. The van der Waals surface area contributed by atoms with Crippen molar-refractivity contribution in [3.63, 3.8) is 0 Å². The Morgan fingerprint density at radius 1 is 1.20 bits per heavy atom. The summed E-state index contributed by atoms with van der Waals surface area (Å²) in [6.07, 6.45) is 0.664. The molecule has 3 rings (SSSR count). The second-order valence-electron chi connectivity index (χ2n) is 5.91. The van der Waals surface area contributed by atoms with Gasteiger partial charge in [0.25, 0.3) is 0 Å². The van der Waals surface area contributed by atoms with Crippen LogP contribution in [0.2, 0.25) is 0 Å². The molecule has 4 nitrogen and oxygen atoms in total. The van der Waals surface area contributed by atoms with Crippen molar-refractivity contribution in [3.05, 3.63) is 71.0 Å². The maximum atomic E-state index is 13.1. The molecule has 0 bridgehead atoms. The summed E-state index contributed by atoms with van der Waals surface area (Å²) in [6.45, 7) is 0. The molecule has 0 aromatic heterocycles. The molecular formula is C19H18FNO3S. The van der Waals surface area contributed by atoms with E-state index in [9.17, 15) is 14.0 Å². The fourth-order valence-electron chi connectivity index (χ4n) is 2.98. The second-order valence-corrected chi connectivity index (χ2v) is 7.12. The average molecular weight is 359 g/mol. The summed E-state index contributed by atoms with van der Waals surface area (Å²) in [7, 11) is 0. The summed E-state index contributed by atoms with van der Waals surface area (Å²) in [4.78, 5) is 24.0. The van der Waals surface area contributed by atoms with Crippen LogP contribution in [0.5, 0.6) is 0 Å². The first-order chi connectivity index (χ1) is 12.0. The van der Waals surface area contributed by atoms with Crippen LogP contribution < -0.4 is 5.32 Å². The standard InChI is InChI=1S/C19H18FNO3S/c20-14-7-5-13(6-8-14)16(11-17(22)23)21-19(24)18-15-4-2-1-3-12(15)9-10-25-18/h1-8,16,18H,9-11H2,(H,21,24)(H,22,23). The molecule has 130 valence electrons. The fourth-order valence-corrected chi connectivity index (χ4v) is 4.18. The lowest BCUT2D eigenvalue weighted by Gasteiger charge is -2.26. The van der Waals surface area contributed by atoms with E-state index in [2.05, 4.69) is 5.32 Å². The van der Waals surface area contributed by atoms with Crippen LogP contribution >= 0.6 is 11.8 Å². The molecule has 1 aliphatic rings. The lowest BCUT2D eigenvalue weighted by Crippen LogP contribution is -2.34. The van der Waals surface area contributed by atoms with Gasteiger partial charge in [-0.05, 0) is 41.0 Å². The number of carboxylic acids is 1. The van der Waals surface area contributed by atoms with Crippen LogP contribution in [0.15, 0.2) is 48.5 Å². The highest BCUT2D eigenvalue weighted by molar-refractivity contribution is 8.00. The molecule has 2 unspecified atom stereocenters. The Morgan fingerprint density at radius 2 is 1.92 bits per heavy atom. The van der Waals surface area contributed by atoms with Gasteiger partial charge in [-0.2, -0.15) is 0 Å². The summed E-state index contributed by atoms with van der Waals surface area (Å²) in [6, 6.07) is 12.7. The number of carbonyl (C=O) groups excluding carboxylic acids is 1. The van der Waals surface area contributed by atoms with Gasteiger partial charge >= 0.3 is 5.97 Å². The van der Waals surface area contributed by atoms with Gasteiger partial charge < -0.3 is 10.4 Å². The molecule has 2 N–H and O–H groups in total. The molecule has 0 saturated heterocycles. The maximum Gasteiger partial charge on any atom is 0.305 e. The number of aryl methyl sites for hydroxylation is 1. The van der Waals surface area contributed by atoms with Crippen LogP contribution in [-0.2, 0) is 16.0 Å². The second kappa shape index (κ2) is 7.70. The van der Waals surface area contributed by atoms with Crippen LogP contribution in [-0.4, -0.2) is 22.7 Å². The van der Waals surface area contributed by atoms with Gasteiger partial charge in [0.1, 0.15) is 11.1 Å². The SMILES string of the molecule is O=C(O)CC(NC(=O)C1SCCc2ccccc21)c1ccc(F)cc1. The molecule has 0 aliphatic carbocycles. The summed E-state index contributed by atoms with van der Waals surface area (Å²) >= 11 is 1.55. The molecular weight excluding hydrogens is 341 g/mol. The molecule has 25 heavy (non-hydrogen) atoms. The van der Waals surface area contributed by atoms with E-state index >= 15 is 0 Å². The smallest absolute Gasteiger partial charge is 0.305 e. The molecule has 0 radical (unpaired) electrons. The largest absolute Gasteiger partial charge is 0.481 e. The zero-order valence-electron chi connectivity index (χ0n) is 13.4. The topological polar surface area (TPSA) is 66.4 Å². The van der Waals surface area contributed by atoms with Crippen LogP contribution in [0.1, 0.15) is 34.4 Å². The number of nitrogens with one attached hydrogen (secondary N) is 1. The van der Waals surface area contributed by atoms with Crippen molar-refractivity contribution >= 4 is 23.6 Å². The van der Waals surface area contributed by atoms with Crippen molar-refractivity contribution in [2.45, 2.75) is 24.1 Å². The number of hydrogen-bond acceptors (Lipinski definition) is 3. The highest BCUT2D eigenvalue weighted by atomic mass is 32.2. The Hall–Kier alpha value is -2.34. The van der Waals surface area contributed by atoms with Gasteiger partial charge in [-0.15, -0.1) is 11.8 Å². The number of benzene rings is 2. The Labute approximate surface area is 149 Å². The molecule has 2 aromatic rings. The zero-order valence-corrected chi connectivity index (χ0v) is 14.3. The van der Waals surface area contributed by atoms with Crippen LogP contribution in [0, 0.1) is 5.82 Å². The van der Waals surface area contributed by atoms with Crippen molar-refractivity contribution in [1.82, 2.24) is 5.32 Å². The number of carboxylic acid groups (broad SMARTS) is 1. The number of rotatable bonds is 5. The van der Waals surface area contributed by atoms with Gasteiger partial charge in [-0.25, -0.2) is 4.39 Å². The molecule has 0 saturated carbocycles. The first-order valence-corrected chi connectivity index (χ1v) is 9.06. The van der Waals surface area contributed by atoms with Crippen molar-refractivity contribution in [2.75, 3.05) is 5.75 Å². The van der Waals surface area contributed by atoms with E-state index in [1.54, 1.807) is 11.8 Å². The zero-order chi connectivity index (χ0) is 17.8. The highest BCUT2D eigenvalue weighted by Gasteiger charge is 2.29. The number of halogens is 1. The van der Waals surface area contributed by atoms with Crippen LogP contribution in [0.4, 0.5) is 4.39 Å². The van der Waals surface area contributed by atoms with Crippen molar-refractivity contribution in [2.24, 2.45) is 0 Å². The van der Waals surface area contributed by atoms with Crippen molar-refractivity contribution < 1.29 is 19.1 Å². The number of fused-ring (bicyclic) bond motifs is 1. The Balaban J connectivity index is 1.81. The third-order valence-electron chi connectivity index (χ3n) is 4.20. The minimum absolute atomic E-state index is 0.215. The summed E-state index contributed by atoms with van der Waals surface area (Å²) in [5.74, 6) is -0.796. The minimum Gasteiger partial charge on any atom is -0.481 e. The Morgan fingerprint density at radius 3 is 2.64 bits per heavy atom. The van der Waals surface area contributed by atoms with E-state index in [-0.39, 0.29) is 17.6 Å². The number of aliphatic carboxylic acids is 1. The van der Waals surface area contributed by atoms with Crippen LogP contribution in [0.3, 0.4) is 0 Å². The van der Waals surface area contributed by atoms with E-state index in [4.69, 9.17) is 5.11 Å². The first-order valence-electron chi connectivity index (χ1n) is 8.01. The van der Waals surface area contributed by atoms with Crippen molar-refractivity contribution in [3.8, 4) is 0 Å². The molecule has 2 aromatic carbocycles. The Kier molecular flexibility index (Phi) is 5.38. The summed E-state index contributed by atoms with van der Waals surface area (Å²) < 4.78 is 13.1. The maximum absolute atomic E-state index is 13.1. The van der Waals surface area contributed by atoms with E-state index in [0.717, 1.165) is 23.3 Å². The lowest BCUT2D eigenvalue weighted by molar-refractivity contribution is -0.137. The van der Waals surface area contributed by atoms with Crippen molar-refractivity contribution in [1.29, 1.82) is 0 Å². The number of hydrogen-bond donors (Lipinski definition) is 2. The molecule has 2 atom stereocenters. The van der Waals surface area contributed by atoms with Gasteiger partial charge in [0.05, 0.1) is 12.5 Å². The molecule has 0 spiro atoms. The van der Waals surface area contributed by atoms with E-state index in [1.165, 1.54) is 24.3 Å². The molecule has 0 fully saturated rings.